The fourth-order valence-corrected chi connectivity index (χ4v) is 10.2. The Labute approximate surface area is 370 Å². The number of fused-ring (bicyclic) bond motifs is 8. The van der Waals surface area contributed by atoms with Gasteiger partial charge in [-0.25, -0.2) is 0 Å². The summed E-state index contributed by atoms with van der Waals surface area (Å²) in [5, 5.41) is 4.96. The van der Waals surface area contributed by atoms with Gasteiger partial charge in [-0.1, -0.05) is 133 Å². The lowest BCUT2D eigenvalue weighted by Crippen LogP contribution is -2.09. The summed E-state index contributed by atoms with van der Waals surface area (Å²) in [5.74, 6) is 0. The van der Waals surface area contributed by atoms with Gasteiger partial charge in [0.25, 0.3) is 0 Å². The van der Waals surface area contributed by atoms with E-state index in [0.717, 1.165) is 45.3 Å². The number of hydrogen-bond donors (Lipinski definition) is 0. The van der Waals surface area contributed by atoms with Crippen LogP contribution in [0.3, 0.4) is 0 Å². The van der Waals surface area contributed by atoms with E-state index in [1.54, 1.807) is 0 Å². The Morgan fingerprint density at radius 2 is 0.547 bits per heavy atom. The van der Waals surface area contributed by atoms with Crippen molar-refractivity contribution < 1.29 is 0 Å². The summed E-state index contributed by atoms with van der Waals surface area (Å²) in [6, 6.07) is 88.0. The van der Waals surface area contributed by atoms with Gasteiger partial charge < -0.3 is 18.6 Å². The monoisotopic (exact) mass is 816 g/mol. The van der Waals surface area contributed by atoms with Crippen LogP contribution in [0.4, 0.5) is 34.1 Å². The van der Waals surface area contributed by atoms with E-state index in [-0.39, 0.29) is 0 Å². The van der Waals surface area contributed by atoms with Gasteiger partial charge in [-0.15, -0.1) is 0 Å². The van der Waals surface area contributed by atoms with E-state index in [9.17, 15) is 0 Å². The van der Waals surface area contributed by atoms with Crippen molar-refractivity contribution in [3.05, 3.63) is 243 Å². The molecule has 64 heavy (non-hydrogen) atoms. The fourth-order valence-electron chi connectivity index (χ4n) is 10.2. The average molecular weight is 817 g/mol. The minimum Gasteiger partial charge on any atom is -0.310 e. The van der Waals surface area contributed by atoms with Crippen molar-refractivity contribution in [1.82, 2.24) is 8.80 Å². The van der Waals surface area contributed by atoms with E-state index in [4.69, 9.17) is 0 Å². The van der Waals surface area contributed by atoms with E-state index in [1.165, 1.54) is 65.8 Å². The standard InChI is InChI=1S/C60H40N4/c1-5-21-45(22-6-1)61(46-23-7-2-8-24-46)49-29-17-19-41(35-49)43-37-53-51-31-13-15-33-55(51)64-58-40-44(38-54-52-32-14-16-34-56(52)63(60(54)58)57(39-43)59(53)64)42-20-18-30-50(36-42)62(47-25-9-3-10-26-47)48-27-11-4-12-28-48/h1-40H. The van der Waals surface area contributed by atoms with Crippen molar-refractivity contribution in [2.45, 2.75) is 0 Å². The average Bonchev–Trinajstić information content (AvgIpc) is 3.89. The second-order valence-corrected chi connectivity index (χ2v) is 16.6. The second kappa shape index (κ2) is 14.5. The number of rotatable bonds is 8. The molecule has 0 aliphatic rings. The molecule has 10 aromatic carbocycles. The Morgan fingerprint density at radius 3 is 0.922 bits per heavy atom. The van der Waals surface area contributed by atoms with Crippen LogP contribution < -0.4 is 9.80 Å². The number of nitrogens with zero attached hydrogens (tertiary/aromatic N) is 4. The molecule has 300 valence electrons. The highest BCUT2D eigenvalue weighted by Gasteiger charge is 2.24. The largest absolute Gasteiger partial charge is 0.310 e. The Hall–Kier alpha value is -8.60. The van der Waals surface area contributed by atoms with Gasteiger partial charge in [-0.05, 0) is 131 Å². The first-order valence-corrected chi connectivity index (χ1v) is 21.9. The van der Waals surface area contributed by atoms with Gasteiger partial charge >= 0.3 is 0 Å². The third-order valence-corrected chi connectivity index (χ3v) is 12.9. The van der Waals surface area contributed by atoms with Gasteiger partial charge in [0.15, 0.2) is 0 Å². The third-order valence-electron chi connectivity index (χ3n) is 12.9. The van der Waals surface area contributed by atoms with Crippen LogP contribution in [0.25, 0.3) is 76.9 Å². The van der Waals surface area contributed by atoms with Crippen molar-refractivity contribution in [2.24, 2.45) is 0 Å². The van der Waals surface area contributed by atoms with Crippen LogP contribution in [0.15, 0.2) is 243 Å². The molecular formula is C60H40N4. The zero-order valence-electron chi connectivity index (χ0n) is 34.9. The van der Waals surface area contributed by atoms with Crippen LogP contribution in [-0.4, -0.2) is 8.80 Å². The van der Waals surface area contributed by atoms with E-state index in [0.29, 0.717) is 0 Å². The lowest BCUT2D eigenvalue weighted by atomic mass is 9.99. The van der Waals surface area contributed by atoms with Crippen molar-refractivity contribution in [3.8, 4) is 22.3 Å². The van der Waals surface area contributed by atoms with Gasteiger partial charge in [-0.3, -0.25) is 0 Å². The molecule has 3 aromatic heterocycles. The second-order valence-electron chi connectivity index (χ2n) is 16.6. The molecule has 0 spiro atoms. The highest BCUT2D eigenvalue weighted by Crippen LogP contribution is 2.45. The van der Waals surface area contributed by atoms with Crippen LogP contribution in [0, 0.1) is 0 Å². The Balaban J connectivity index is 1.05. The van der Waals surface area contributed by atoms with Crippen LogP contribution >= 0.6 is 0 Å². The zero-order chi connectivity index (χ0) is 42.1. The smallest absolute Gasteiger partial charge is 0.0783 e. The summed E-state index contributed by atoms with van der Waals surface area (Å²) in [5.41, 5.74) is 18.6. The van der Waals surface area contributed by atoms with Gasteiger partial charge in [0.2, 0.25) is 0 Å². The summed E-state index contributed by atoms with van der Waals surface area (Å²) in [6.45, 7) is 0. The summed E-state index contributed by atoms with van der Waals surface area (Å²) in [6.07, 6.45) is 0. The predicted octanol–water partition coefficient (Wildman–Crippen LogP) is 16.5. The molecule has 3 heterocycles. The predicted molar refractivity (Wildman–Crippen MR) is 270 cm³/mol. The van der Waals surface area contributed by atoms with Crippen molar-refractivity contribution in [2.75, 3.05) is 9.80 Å². The zero-order valence-corrected chi connectivity index (χ0v) is 34.9. The first-order chi connectivity index (χ1) is 31.8. The maximum absolute atomic E-state index is 2.53. The molecule has 0 atom stereocenters. The summed E-state index contributed by atoms with van der Waals surface area (Å²) in [7, 11) is 0. The SMILES string of the molecule is c1ccc(N(c2ccccc2)c2cccc(-c3cc4c5ccccc5n5c6cc(-c7cccc(N(c8ccccc8)c8ccccc8)c7)cc7c8ccccc8n(c(c3)c45)c76)c2)cc1. The molecule has 13 rings (SSSR count). The highest BCUT2D eigenvalue weighted by atomic mass is 15.1. The van der Waals surface area contributed by atoms with Crippen LogP contribution in [-0.2, 0) is 0 Å². The van der Waals surface area contributed by atoms with E-state index in [1.807, 2.05) is 0 Å². The van der Waals surface area contributed by atoms with Gasteiger partial charge in [0, 0.05) is 55.7 Å². The first kappa shape index (κ1) is 36.1. The molecule has 4 nitrogen and oxygen atoms in total. The molecule has 0 N–H and O–H groups in total. The molecule has 13 aromatic rings. The lowest BCUT2D eigenvalue weighted by Gasteiger charge is -2.26. The number of aromatic nitrogens is 2. The molecule has 0 bridgehead atoms. The Bertz CT molecular complexity index is 3500. The number of hydrogen-bond acceptors (Lipinski definition) is 2. The molecular weight excluding hydrogens is 777 g/mol. The number of benzene rings is 10. The van der Waals surface area contributed by atoms with Gasteiger partial charge in [-0.2, -0.15) is 0 Å². The molecule has 0 radical (unpaired) electrons. The maximum atomic E-state index is 2.53. The lowest BCUT2D eigenvalue weighted by molar-refractivity contribution is 1.26. The Kier molecular flexibility index (Phi) is 8.18. The minimum absolute atomic E-state index is 1.11. The van der Waals surface area contributed by atoms with Crippen molar-refractivity contribution in [1.29, 1.82) is 0 Å². The molecule has 4 heteroatoms. The molecule has 0 amide bonds. The molecule has 0 saturated heterocycles. The fraction of sp³-hybridized carbons (Fsp3) is 0. The molecule has 0 saturated carbocycles. The van der Waals surface area contributed by atoms with Crippen LogP contribution in [0.1, 0.15) is 0 Å². The van der Waals surface area contributed by atoms with Crippen LogP contribution in [0.2, 0.25) is 0 Å². The summed E-state index contributed by atoms with van der Waals surface area (Å²) >= 11 is 0. The Morgan fingerprint density at radius 1 is 0.219 bits per heavy atom. The molecule has 0 unspecified atom stereocenters. The van der Waals surface area contributed by atoms with E-state index < -0.39 is 0 Å². The van der Waals surface area contributed by atoms with Crippen molar-refractivity contribution >= 4 is 88.8 Å². The number of para-hydroxylation sites is 6. The van der Waals surface area contributed by atoms with Gasteiger partial charge in [0.1, 0.15) is 0 Å². The normalized spacial score (nSPS) is 11.8. The summed E-state index contributed by atoms with van der Waals surface area (Å²) < 4.78 is 5.06. The third kappa shape index (κ3) is 5.63. The molecule has 0 fully saturated rings. The highest BCUT2D eigenvalue weighted by molar-refractivity contribution is 6.23. The topological polar surface area (TPSA) is 15.3 Å². The summed E-state index contributed by atoms with van der Waals surface area (Å²) in [4.78, 5) is 4.68. The van der Waals surface area contributed by atoms with E-state index >= 15 is 0 Å². The number of anilines is 6. The van der Waals surface area contributed by atoms with Gasteiger partial charge in [0.05, 0.1) is 33.1 Å². The maximum Gasteiger partial charge on any atom is 0.0783 e. The molecule has 0 aliphatic heterocycles. The van der Waals surface area contributed by atoms with Crippen LogP contribution in [0.5, 0.6) is 0 Å². The molecule has 0 aliphatic carbocycles. The van der Waals surface area contributed by atoms with Crippen molar-refractivity contribution in [3.63, 3.8) is 0 Å². The minimum atomic E-state index is 1.11. The quantitative estimate of drug-likeness (QED) is 0.142. The first-order valence-electron chi connectivity index (χ1n) is 21.9. The van der Waals surface area contributed by atoms with E-state index in [2.05, 4.69) is 261 Å².